The molecular weight excluding hydrogens is 442 g/mol. The Kier molecular flexibility index (Phi) is 5.92. The van der Waals surface area contributed by atoms with E-state index < -0.39 is 0 Å². The molecule has 1 aliphatic heterocycles. The molecule has 0 bridgehead atoms. The lowest BCUT2D eigenvalue weighted by atomic mass is 10.1. The third-order valence-electron chi connectivity index (χ3n) is 5.66. The van der Waals surface area contributed by atoms with Gasteiger partial charge in [-0.25, -0.2) is 4.98 Å². The number of anilines is 2. The van der Waals surface area contributed by atoms with Crippen LogP contribution >= 0.6 is 22.9 Å². The molecule has 0 spiro atoms. The number of thiazole rings is 1. The Morgan fingerprint density at radius 3 is 2.78 bits per heavy atom. The van der Waals surface area contributed by atoms with E-state index >= 15 is 0 Å². The first-order valence-electron chi connectivity index (χ1n) is 10.5. The van der Waals surface area contributed by atoms with Crippen molar-refractivity contribution in [3.05, 3.63) is 94.5 Å². The van der Waals surface area contributed by atoms with Crippen LogP contribution in [-0.2, 0) is 6.54 Å². The lowest BCUT2D eigenvalue weighted by Crippen LogP contribution is -2.22. The normalized spacial score (nSPS) is 15.8. The first kappa shape index (κ1) is 20.7. The summed E-state index contributed by atoms with van der Waals surface area (Å²) in [6.07, 6.45) is 7.56. The monoisotopic (exact) mass is 463 g/mol. The Morgan fingerprint density at radius 1 is 1.16 bits per heavy atom. The molecule has 0 aliphatic carbocycles. The van der Waals surface area contributed by atoms with Crippen molar-refractivity contribution in [3.8, 4) is 0 Å². The van der Waals surface area contributed by atoms with Crippen molar-refractivity contribution in [2.24, 2.45) is 0 Å². The molecule has 1 N–H and O–H groups in total. The predicted molar refractivity (Wildman–Crippen MR) is 129 cm³/mol. The van der Waals surface area contributed by atoms with Gasteiger partial charge in [0.05, 0.1) is 11.7 Å². The third kappa shape index (κ3) is 4.40. The van der Waals surface area contributed by atoms with Crippen LogP contribution in [0.25, 0.3) is 0 Å². The number of halogens is 1. The first-order chi connectivity index (χ1) is 15.7. The number of carbonyl (C=O) groups excluding carboxylic acids is 1. The third-order valence-corrected chi connectivity index (χ3v) is 6.69. The van der Waals surface area contributed by atoms with Gasteiger partial charge in [0, 0.05) is 47.8 Å². The molecule has 3 aromatic heterocycles. The molecule has 6 nitrogen and oxygen atoms in total. The number of benzene rings is 1. The SMILES string of the molecule is O=C(Nc1nc(C2CCCN2c2ccc(Cl)cc2)cs1)c1cccn1Cc1ccncc1. The van der Waals surface area contributed by atoms with Crippen molar-refractivity contribution < 1.29 is 4.79 Å². The summed E-state index contributed by atoms with van der Waals surface area (Å²) in [5, 5.41) is 6.37. The van der Waals surface area contributed by atoms with E-state index in [1.54, 1.807) is 12.4 Å². The molecule has 162 valence electrons. The lowest BCUT2D eigenvalue weighted by Gasteiger charge is -2.25. The average molecular weight is 464 g/mol. The molecule has 1 unspecified atom stereocenters. The lowest BCUT2D eigenvalue weighted by molar-refractivity contribution is 0.101. The molecule has 1 fully saturated rings. The van der Waals surface area contributed by atoms with Crippen LogP contribution in [0.15, 0.2) is 72.5 Å². The maximum Gasteiger partial charge on any atom is 0.274 e. The molecule has 0 radical (unpaired) electrons. The van der Waals surface area contributed by atoms with Crippen LogP contribution in [0.2, 0.25) is 5.02 Å². The van der Waals surface area contributed by atoms with E-state index in [1.165, 1.54) is 11.3 Å². The van der Waals surface area contributed by atoms with Crippen molar-refractivity contribution in [1.29, 1.82) is 0 Å². The molecule has 0 saturated carbocycles. The van der Waals surface area contributed by atoms with Gasteiger partial charge in [-0.05, 0) is 66.9 Å². The van der Waals surface area contributed by atoms with Crippen molar-refractivity contribution in [1.82, 2.24) is 14.5 Å². The van der Waals surface area contributed by atoms with Crippen molar-refractivity contribution in [2.75, 3.05) is 16.8 Å². The summed E-state index contributed by atoms with van der Waals surface area (Å²) in [7, 11) is 0. The molecule has 1 aliphatic rings. The van der Waals surface area contributed by atoms with Gasteiger partial charge in [-0.15, -0.1) is 11.3 Å². The van der Waals surface area contributed by atoms with Gasteiger partial charge in [-0.3, -0.25) is 15.1 Å². The largest absolute Gasteiger partial charge is 0.363 e. The zero-order valence-corrected chi connectivity index (χ0v) is 18.9. The number of pyridine rings is 1. The summed E-state index contributed by atoms with van der Waals surface area (Å²) in [6, 6.07) is 15.7. The van der Waals surface area contributed by atoms with Crippen LogP contribution in [-0.4, -0.2) is 27.0 Å². The van der Waals surface area contributed by atoms with Crippen LogP contribution in [0.5, 0.6) is 0 Å². The summed E-state index contributed by atoms with van der Waals surface area (Å²) >= 11 is 7.51. The summed E-state index contributed by atoms with van der Waals surface area (Å²) in [5.74, 6) is -0.161. The first-order valence-corrected chi connectivity index (χ1v) is 11.8. The van der Waals surface area contributed by atoms with Crippen molar-refractivity contribution >= 4 is 39.7 Å². The fraction of sp³-hybridized carbons (Fsp3) is 0.208. The maximum absolute atomic E-state index is 12.9. The number of nitrogens with zero attached hydrogens (tertiary/aromatic N) is 4. The molecule has 8 heteroatoms. The topological polar surface area (TPSA) is 63.1 Å². The van der Waals surface area contributed by atoms with Crippen LogP contribution in [0.3, 0.4) is 0 Å². The number of hydrogen-bond donors (Lipinski definition) is 1. The standard InChI is InChI=1S/C24H22ClN5OS/c25-18-5-7-19(8-6-18)30-14-2-3-21(30)20-16-32-24(27-20)28-23(31)22-4-1-13-29(22)15-17-9-11-26-12-10-17/h1,4-13,16,21H,2-3,14-15H2,(H,27,28,31). The minimum atomic E-state index is -0.161. The van der Waals surface area contributed by atoms with Crippen molar-refractivity contribution in [2.45, 2.75) is 25.4 Å². The highest BCUT2D eigenvalue weighted by atomic mass is 35.5. The summed E-state index contributed by atoms with van der Waals surface area (Å²) in [4.78, 5) is 24.1. The molecule has 4 heterocycles. The van der Waals surface area contributed by atoms with Crippen LogP contribution in [0.4, 0.5) is 10.8 Å². The van der Waals surface area contributed by atoms with Gasteiger partial charge >= 0.3 is 0 Å². The zero-order chi connectivity index (χ0) is 21.9. The second kappa shape index (κ2) is 9.14. The smallest absolute Gasteiger partial charge is 0.274 e. The van der Waals surface area contributed by atoms with Gasteiger partial charge in [-0.2, -0.15) is 0 Å². The molecule has 1 saturated heterocycles. The summed E-state index contributed by atoms with van der Waals surface area (Å²) in [6.45, 7) is 1.59. The number of rotatable bonds is 6. The van der Waals surface area contributed by atoms with Gasteiger partial charge in [0.25, 0.3) is 5.91 Å². The summed E-state index contributed by atoms with van der Waals surface area (Å²) < 4.78 is 1.93. The molecular formula is C24H22ClN5OS. The van der Waals surface area contributed by atoms with Gasteiger partial charge < -0.3 is 9.47 Å². The molecule has 4 aromatic rings. The molecule has 1 amide bonds. The van der Waals surface area contributed by atoms with Gasteiger partial charge in [0.2, 0.25) is 0 Å². The van der Waals surface area contributed by atoms with Gasteiger partial charge in [-0.1, -0.05) is 11.6 Å². The second-order valence-corrected chi connectivity index (χ2v) is 9.03. The molecule has 5 rings (SSSR count). The van der Waals surface area contributed by atoms with Gasteiger partial charge in [0.1, 0.15) is 5.69 Å². The van der Waals surface area contributed by atoms with Gasteiger partial charge in [0.15, 0.2) is 5.13 Å². The maximum atomic E-state index is 12.9. The van der Waals surface area contributed by atoms with E-state index in [9.17, 15) is 4.79 Å². The Bertz CT molecular complexity index is 1200. The Hall–Kier alpha value is -3.16. The number of amides is 1. The molecule has 1 atom stereocenters. The van der Waals surface area contributed by atoms with Crippen LogP contribution < -0.4 is 10.2 Å². The number of nitrogens with one attached hydrogen (secondary N) is 1. The quantitative estimate of drug-likeness (QED) is 0.402. The van der Waals surface area contributed by atoms with Crippen molar-refractivity contribution in [3.63, 3.8) is 0 Å². The molecule has 1 aromatic carbocycles. The second-order valence-electron chi connectivity index (χ2n) is 7.74. The highest BCUT2D eigenvalue weighted by Gasteiger charge is 2.28. The van der Waals surface area contributed by atoms with E-state index in [1.807, 2.05) is 64.7 Å². The minimum absolute atomic E-state index is 0.161. The van der Waals surface area contributed by atoms with Crippen LogP contribution in [0, 0.1) is 0 Å². The number of hydrogen-bond acceptors (Lipinski definition) is 5. The zero-order valence-electron chi connectivity index (χ0n) is 17.3. The average Bonchev–Trinajstić information content (AvgIpc) is 3.55. The molecule has 32 heavy (non-hydrogen) atoms. The fourth-order valence-electron chi connectivity index (χ4n) is 4.12. The Morgan fingerprint density at radius 2 is 1.97 bits per heavy atom. The predicted octanol–water partition coefficient (Wildman–Crippen LogP) is 5.64. The van der Waals surface area contributed by atoms with E-state index in [0.29, 0.717) is 17.4 Å². The summed E-state index contributed by atoms with van der Waals surface area (Å²) in [5.41, 5.74) is 3.82. The minimum Gasteiger partial charge on any atom is -0.363 e. The Labute approximate surface area is 195 Å². The fourth-order valence-corrected chi connectivity index (χ4v) is 4.99. The van der Waals surface area contributed by atoms with E-state index in [-0.39, 0.29) is 11.9 Å². The van der Waals surface area contributed by atoms with E-state index in [4.69, 9.17) is 16.6 Å². The number of aromatic nitrogens is 3. The van der Waals surface area contributed by atoms with E-state index in [0.717, 1.165) is 41.4 Å². The Balaban J connectivity index is 1.29. The number of carbonyl (C=O) groups is 1. The highest BCUT2D eigenvalue weighted by Crippen LogP contribution is 2.37. The van der Waals surface area contributed by atoms with Crippen LogP contribution in [0.1, 0.15) is 40.6 Å². The van der Waals surface area contributed by atoms with E-state index in [2.05, 4.69) is 15.2 Å². The highest BCUT2D eigenvalue weighted by molar-refractivity contribution is 7.14.